The van der Waals surface area contributed by atoms with Gasteiger partial charge < -0.3 is 10.2 Å². The summed E-state index contributed by atoms with van der Waals surface area (Å²) in [6, 6.07) is 10.2. The van der Waals surface area contributed by atoms with Gasteiger partial charge in [0.15, 0.2) is 0 Å². The lowest BCUT2D eigenvalue weighted by Crippen LogP contribution is -2.07. The van der Waals surface area contributed by atoms with Gasteiger partial charge in [0, 0.05) is 0 Å². The molecule has 0 spiro atoms. The highest BCUT2D eigenvalue weighted by atomic mass is 16.3. The van der Waals surface area contributed by atoms with Gasteiger partial charge in [-0.05, 0) is 31.2 Å². The molecule has 1 rings (SSSR count). The van der Waals surface area contributed by atoms with Crippen molar-refractivity contribution in [2.24, 2.45) is 0 Å². The number of aryl methyl sites for hydroxylation is 1. The van der Waals surface area contributed by atoms with Crippen LogP contribution in [0.25, 0.3) is 0 Å². The zero-order valence-electron chi connectivity index (χ0n) is 13.2. The first-order valence-corrected chi connectivity index (χ1v) is 8.29. The highest BCUT2D eigenvalue weighted by Crippen LogP contribution is 2.10. The van der Waals surface area contributed by atoms with Gasteiger partial charge in [0.1, 0.15) is 0 Å². The molecular formula is C19H30O2. The minimum Gasteiger partial charge on any atom is -0.393 e. The van der Waals surface area contributed by atoms with E-state index in [0.717, 1.165) is 25.7 Å². The van der Waals surface area contributed by atoms with Gasteiger partial charge in [0.05, 0.1) is 12.2 Å². The second-order valence-corrected chi connectivity index (χ2v) is 5.76. The predicted octanol–water partition coefficient (Wildman–Crippen LogP) is 4.26. The van der Waals surface area contributed by atoms with Gasteiger partial charge in [-0.1, -0.05) is 75.1 Å². The number of aliphatic hydroxyl groups excluding tert-OH is 2. The molecule has 1 aromatic carbocycles. The molecule has 0 radical (unpaired) electrons. The normalized spacial score (nSPS) is 14.4. The fraction of sp³-hybridized carbons (Fsp3) is 0.579. The first-order valence-electron chi connectivity index (χ1n) is 8.29. The standard InChI is InChI=1S/C19H30O2/c1-2-3-4-8-12-18(20)13-9-14-19(21)16-15-17-10-6-5-7-11-17/h5-7,9-11,14,18-21H,2-4,8,12-13,15-16H2,1H3/b14-9+/t18-,19+/m0/s1. The summed E-state index contributed by atoms with van der Waals surface area (Å²) in [5.41, 5.74) is 1.25. The van der Waals surface area contributed by atoms with Crippen LogP contribution in [0.4, 0.5) is 0 Å². The van der Waals surface area contributed by atoms with Crippen molar-refractivity contribution in [2.45, 2.75) is 70.5 Å². The minimum atomic E-state index is -0.419. The van der Waals surface area contributed by atoms with E-state index in [2.05, 4.69) is 19.1 Å². The molecule has 0 saturated heterocycles. The highest BCUT2D eigenvalue weighted by molar-refractivity contribution is 5.15. The van der Waals surface area contributed by atoms with Gasteiger partial charge in [-0.3, -0.25) is 0 Å². The summed E-state index contributed by atoms with van der Waals surface area (Å²) >= 11 is 0. The van der Waals surface area contributed by atoms with Crippen molar-refractivity contribution in [1.82, 2.24) is 0 Å². The largest absolute Gasteiger partial charge is 0.393 e. The number of unbranched alkanes of at least 4 members (excludes halogenated alkanes) is 3. The van der Waals surface area contributed by atoms with Crippen molar-refractivity contribution in [3.05, 3.63) is 48.0 Å². The molecule has 21 heavy (non-hydrogen) atoms. The number of rotatable bonds is 11. The Morgan fingerprint density at radius 2 is 1.76 bits per heavy atom. The molecule has 118 valence electrons. The molecule has 0 fully saturated rings. The molecule has 2 atom stereocenters. The molecule has 0 bridgehead atoms. The van der Waals surface area contributed by atoms with Crippen LogP contribution in [0.2, 0.25) is 0 Å². The lowest BCUT2D eigenvalue weighted by atomic mass is 10.0. The maximum absolute atomic E-state index is 9.90. The number of aliphatic hydroxyl groups is 2. The van der Waals surface area contributed by atoms with Crippen molar-refractivity contribution in [3.8, 4) is 0 Å². The van der Waals surface area contributed by atoms with Crippen LogP contribution < -0.4 is 0 Å². The molecule has 0 aliphatic carbocycles. The fourth-order valence-electron chi connectivity index (χ4n) is 2.37. The van der Waals surface area contributed by atoms with E-state index in [-0.39, 0.29) is 6.10 Å². The Balaban J connectivity index is 2.11. The van der Waals surface area contributed by atoms with Crippen LogP contribution in [0, 0.1) is 0 Å². The van der Waals surface area contributed by atoms with Gasteiger partial charge in [0.25, 0.3) is 0 Å². The van der Waals surface area contributed by atoms with Crippen LogP contribution in [0.5, 0.6) is 0 Å². The van der Waals surface area contributed by atoms with Gasteiger partial charge in [-0.2, -0.15) is 0 Å². The van der Waals surface area contributed by atoms with Crippen molar-refractivity contribution in [3.63, 3.8) is 0 Å². The van der Waals surface area contributed by atoms with Crippen molar-refractivity contribution >= 4 is 0 Å². The molecule has 1 aromatic rings. The van der Waals surface area contributed by atoms with E-state index in [9.17, 15) is 10.2 Å². The van der Waals surface area contributed by atoms with E-state index in [1.165, 1.54) is 24.8 Å². The number of hydrogen-bond donors (Lipinski definition) is 2. The van der Waals surface area contributed by atoms with Crippen LogP contribution in [0.3, 0.4) is 0 Å². The summed E-state index contributed by atoms with van der Waals surface area (Å²) in [6.07, 6.45) is 11.0. The monoisotopic (exact) mass is 290 g/mol. The maximum atomic E-state index is 9.90. The maximum Gasteiger partial charge on any atom is 0.0724 e. The zero-order chi connectivity index (χ0) is 15.3. The van der Waals surface area contributed by atoms with Crippen molar-refractivity contribution < 1.29 is 10.2 Å². The number of hydrogen-bond acceptors (Lipinski definition) is 2. The van der Waals surface area contributed by atoms with E-state index in [4.69, 9.17) is 0 Å². The van der Waals surface area contributed by atoms with Crippen LogP contribution >= 0.6 is 0 Å². The SMILES string of the molecule is CCCCCC[C@H](O)C/C=C/[C@@H](O)CCc1ccccc1. The Labute approximate surface area is 129 Å². The Kier molecular flexibility index (Phi) is 9.84. The summed E-state index contributed by atoms with van der Waals surface area (Å²) in [6.45, 7) is 2.19. The fourth-order valence-corrected chi connectivity index (χ4v) is 2.37. The summed E-state index contributed by atoms with van der Waals surface area (Å²) in [5, 5.41) is 19.7. The molecule has 0 saturated carbocycles. The van der Waals surface area contributed by atoms with Gasteiger partial charge in [-0.25, -0.2) is 0 Å². The minimum absolute atomic E-state index is 0.264. The Bertz CT molecular complexity index is 372. The molecule has 2 nitrogen and oxygen atoms in total. The van der Waals surface area contributed by atoms with Crippen LogP contribution in [0.15, 0.2) is 42.5 Å². The smallest absolute Gasteiger partial charge is 0.0724 e. The molecular weight excluding hydrogens is 260 g/mol. The average molecular weight is 290 g/mol. The summed E-state index contributed by atoms with van der Waals surface area (Å²) in [5.74, 6) is 0. The van der Waals surface area contributed by atoms with Gasteiger partial charge in [0.2, 0.25) is 0 Å². The third-order valence-electron chi connectivity index (χ3n) is 3.73. The Morgan fingerprint density at radius 1 is 1.00 bits per heavy atom. The van der Waals surface area contributed by atoms with Crippen LogP contribution in [-0.4, -0.2) is 22.4 Å². The first kappa shape index (κ1) is 17.9. The van der Waals surface area contributed by atoms with Crippen LogP contribution in [-0.2, 0) is 6.42 Å². The average Bonchev–Trinajstić information content (AvgIpc) is 2.50. The van der Waals surface area contributed by atoms with Gasteiger partial charge in [-0.15, -0.1) is 0 Å². The molecule has 0 aliphatic heterocycles. The zero-order valence-corrected chi connectivity index (χ0v) is 13.2. The third-order valence-corrected chi connectivity index (χ3v) is 3.73. The molecule has 0 amide bonds. The van der Waals surface area contributed by atoms with Gasteiger partial charge >= 0.3 is 0 Å². The van der Waals surface area contributed by atoms with E-state index >= 15 is 0 Å². The Morgan fingerprint density at radius 3 is 2.48 bits per heavy atom. The molecule has 2 N–H and O–H groups in total. The van der Waals surface area contributed by atoms with Crippen LogP contribution in [0.1, 0.15) is 57.4 Å². The lowest BCUT2D eigenvalue weighted by molar-refractivity contribution is 0.162. The third kappa shape index (κ3) is 9.43. The molecule has 0 unspecified atom stereocenters. The summed E-state index contributed by atoms with van der Waals surface area (Å²) in [7, 11) is 0. The van der Waals surface area contributed by atoms with E-state index < -0.39 is 6.10 Å². The second-order valence-electron chi connectivity index (χ2n) is 5.76. The summed E-state index contributed by atoms with van der Waals surface area (Å²) < 4.78 is 0. The van der Waals surface area contributed by atoms with Crippen molar-refractivity contribution in [1.29, 1.82) is 0 Å². The highest BCUT2D eigenvalue weighted by Gasteiger charge is 2.03. The predicted molar refractivity (Wildman–Crippen MR) is 89.3 cm³/mol. The second kappa shape index (κ2) is 11.5. The van der Waals surface area contributed by atoms with Crippen molar-refractivity contribution in [2.75, 3.05) is 0 Å². The van der Waals surface area contributed by atoms with E-state index in [0.29, 0.717) is 6.42 Å². The molecule has 0 aromatic heterocycles. The Hall–Kier alpha value is -1.12. The molecule has 0 aliphatic rings. The van der Waals surface area contributed by atoms with E-state index in [1.54, 1.807) is 0 Å². The first-order chi connectivity index (χ1) is 10.2. The molecule has 2 heteroatoms. The lowest BCUT2D eigenvalue weighted by Gasteiger charge is -2.08. The summed E-state index contributed by atoms with van der Waals surface area (Å²) in [4.78, 5) is 0. The topological polar surface area (TPSA) is 40.5 Å². The number of benzene rings is 1. The molecule has 0 heterocycles. The van der Waals surface area contributed by atoms with E-state index in [1.807, 2.05) is 30.4 Å². The quantitative estimate of drug-likeness (QED) is 0.472.